The van der Waals surface area contributed by atoms with Gasteiger partial charge in [0, 0.05) is 40.7 Å². The Balaban J connectivity index is 1.70. The summed E-state index contributed by atoms with van der Waals surface area (Å²) < 4.78 is 6.25. The highest BCUT2D eigenvalue weighted by Gasteiger charge is 2.64. The molecule has 0 bridgehead atoms. The van der Waals surface area contributed by atoms with Crippen molar-refractivity contribution in [2.45, 2.75) is 31.2 Å². The van der Waals surface area contributed by atoms with Crippen LogP contribution in [0.25, 0.3) is 11.0 Å². The van der Waals surface area contributed by atoms with Gasteiger partial charge in [-0.25, -0.2) is 0 Å². The van der Waals surface area contributed by atoms with Gasteiger partial charge in [0.15, 0.2) is 0 Å². The second-order valence-electron chi connectivity index (χ2n) is 7.25. The van der Waals surface area contributed by atoms with E-state index in [4.69, 9.17) is 4.42 Å². The van der Waals surface area contributed by atoms with Crippen LogP contribution in [0.15, 0.2) is 28.7 Å². The third-order valence-corrected chi connectivity index (χ3v) is 6.32. The number of carbonyl (C=O) groups excluding carboxylic acids is 1. The van der Waals surface area contributed by atoms with Crippen molar-refractivity contribution < 1.29 is 14.1 Å². The quantitative estimate of drug-likeness (QED) is 0.628. The molecule has 2 aromatic rings. The summed E-state index contributed by atoms with van der Waals surface area (Å²) in [4.78, 5) is 25.4. The summed E-state index contributed by atoms with van der Waals surface area (Å²) in [5.74, 6) is 0.971. The number of rotatable bonds is 2. The second-order valence-corrected chi connectivity index (χ2v) is 7.25. The minimum Gasteiger partial charge on any atom is -0.458 e. The highest BCUT2D eigenvalue weighted by molar-refractivity contribution is 5.86. The lowest BCUT2D eigenvalue weighted by molar-refractivity contribution is -0.489. The predicted molar refractivity (Wildman–Crippen MR) is 86.0 cm³/mol. The van der Waals surface area contributed by atoms with Crippen LogP contribution in [-0.2, 0) is 16.8 Å². The van der Waals surface area contributed by atoms with Gasteiger partial charge >= 0.3 is 0 Å². The molecule has 1 saturated carbocycles. The van der Waals surface area contributed by atoms with Gasteiger partial charge < -0.3 is 9.32 Å². The largest absolute Gasteiger partial charge is 0.458 e. The molecule has 1 aromatic carbocycles. The molecule has 1 aromatic heterocycles. The lowest BCUT2D eigenvalue weighted by Gasteiger charge is -2.41. The zero-order valence-electron chi connectivity index (χ0n) is 13.2. The monoisotopic (exact) mass is 326 g/mol. The van der Waals surface area contributed by atoms with Gasteiger partial charge in [0.1, 0.15) is 16.9 Å². The first-order chi connectivity index (χ1) is 11.6. The van der Waals surface area contributed by atoms with E-state index in [1.165, 1.54) is 5.56 Å². The zero-order valence-corrected chi connectivity index (χ0v) is 13.2. The van der Waals surface area contributed by atoms with Gasteiger partial charge in [-0.3, -0.25) is 14.9 Å². The first-order valence-electron chi connectivity index (χ1n) is 8.54. The van der Waals surface area contributed by atoms with Crippen molar-refractivity contribution in [2.24, 2.45) is 11.8 Å². The zero-order chi connectivity index (χ0) is 16.5. The summed E-state index contributed by atoms with van der Waals surface area (Å²) in [6.07, 6.45) is 2.77. The van der Waals surface area contributed by atoms with Crippen molar-refractivity contribution in [3.63, 3.8) is 0 Å². The number of carbonyl (C=O) groups is 1. The topological polar surface area (TPSA) is 76.6 Å². The van der Waals surface area contributed by atoms with Crippen molar-refractivity contribution in [2.75, 3.05) is 13.1 Å². The molecule has 3 heterocycles. The van der Waals surface area contributed by atoms with Crippen LogP contribution in [0.3, 0.4) is 0 Å². The van der Waals surface area contributed by atoms with E-state index in [9.17, 15) is 14.9 Å². The molecule has 1 amide bonds. The SMILES string of the molecule is O=C1C[C@H]2[C@H](C[N+](=O)[O-])CC[C@]23c2oc4ccccc4c2CCN13. The molecule has 24 heavy (non-hydrogen) atoms. The molecule has 1 aliphatic carbocycles. The van der Waals surface area contributed by atoms with Crippen LogP contribution in [0.2, 0.25) is 0 Å². The third kappa shape index (κ3) is 1.58. The molecule has 3 atom stereocenters. The second kappa shape index (κ2) is 4.59. The molecule has 0 radical (unpaired) electrons. The number of hydrogen-bond acceptors (Lipinski definition) is 4. The summed E-state index contributed by atoms with van der Waals surface area (Å²) in [6, 6.07) is 7.99. The van der Waals surface area contributed by atoms with Crippen molar-refractivity contribution in [3.8, 4) is 0 Å². The fourth-order valence-corrected chi connectivity index (χ4v) is 5.43. The van der Waals surface area contributed by atoms with E-state index >= 15 is 0 Å². The number of nitro groups is 1. The smallest absolute Gasteiger partial charge is 0.223 e. The number of amides is 1. The van der Waals surface area contributed by atoms with E-state index in [-0.39, 0.29) is 29.2 Å². The summed E-state index contributed by atoms with van der Waals surface area (Å²) in [6.45, 7) is 0.639. The standard InChI is InChI=1S/C18H18N2O4/c21-16-9-14-11(10-20(22)23)5-7-18(14)17-13(6-8-19(16)18)12-3-1-2-4-15(12)24-17/h1-4,11,14H,5-10H2/t11-,14-,18+/m0/s1. The number of fused-ring (bicyclic) bond motifs is 3. The lowest BCUT2D eigenvalue weighted by Crippen LogP contribution is -2.49. The highest BCUT2D eigenvalue weighted by Crippen LogP contribution is 2.60. The van der Waals surface area contributed by atoms with E-state index < -0.39 is 5.54 Å². The summed E-state index contributed by atoms with van der Waals surface area (Å²) in [5, 5.41) is 12.2. The van der Waals surface area contributed by atoms with Crippen LogP contribution in [0.1, 0.15) is 30.6 Å². The van der Waals surface area contributed by atoms with Crippen LogP contribution in [0.5, 0.6) is 0 Å². The van der Waals surface area contributed by atoms with Crippen LogP contribution >= 0.6 is 0 Å². The molecule has 2 fully saturated rings. The summed E-state index contributed by atoms with van der Waals surface area (Å²) >= 11 is 0. The van der Waals surface area contributed by atoms with E-state index in [1.807, 2.05) is 23.1 Å². The van der Waals surface area contributed by atoms with Gasteiger partial charge in [0.05, 0.1) is 0 Å². The molecule has 6 heteroatoms. The van der Waals surface area contributed by atoms with Crippen LogP contribution in [-0.4, -0.2) is 28.8 Å². The molecule has 2 aliphatic heterocycles. The molecular weight excluding hydrogens is 308 g/mol. The number of hydrogen-bond donors (Lipinski definition) is 0. The lowest BCUT2D eigenvalue weighted by atomic mass is 9.78. The van der Waals surface area contributed by atoms with E-state index in [0.717, 1.165) is 36.0 Å². The number of furan rings is 1. The molecule has 0 unspecified atom stereocenters. The Hall–Kier alpha value is -2.37. The minimum absolute atomic E-state index is 0.00462. The van der Waals surface area contributed by atoms with Gasteiger partial charge in [0.2, 0.25) is 12.5 Å². The van der Waals surface area contributed by atoms with Crippen molar-refractivity contribution in [1.29, 1.82) is 0 Å². The highest BCUT2D eigenvalue weighted by atomic mass is 16.6. The Morgan fingerprint density at radius 1 is 1.38 bits per heavy atom. The Morgan fingerprint density at radius 2 is 2.21 bits per heavy atom. The van der Waals surface area contributed by atoms with Gasteiger partial charge in [-0.15, -0.1) is 0 Å². The van der Waals surface area contributed by atoms with Crippen molar-refractivity contribution in [3.05, 3.63) is 45.7 Å². The van der Waals surface area contributed by atoms with Gasteiger partial charge in [-0.2, -0.15) is 0 Å². The number of benzene rings is 1. The predicted octanol–water partition coefficient (Wildman–Crippen LogP) is 2.72. The van der Waals surface area contributed by atoms with Crippen LogP contribution in [0, 0.1) is 22.0 Å². The molecular formula is C18H18N2O4. The van der Waals surface area contributed by atoms with Crippen LogP contribution < -0.4 is 0 Å². The van der Waals surface area contributed by atoms with E-state index in [2.05, 4.69) is 6.07 Å². The maximum absolute atomic E-state index is 12.6. The Labute approximate surface area is 138 Å². The number of para-hydroxylation sites is 1. The van der Waals surface area contributed by atoms with E-state index in [1.54, 1.807) is 0 Å². The van der Waals surface area contributed by atoms with Gasteiger partial charge in [-0.05, 0) is 25.3 Å². The molecule has 6 nitrogen and oxygen atoms in total. The Bertz CT molecular complexity index is 873. The average molecular weight is 326 g/mol. The maximum atomic E-state index is 12.6. The van der Waals surface area contributed by atoms with Gasteiger partial charge in [-0.1, -0.05) is 18.2 Å². The minimum atomic E-state index is -0.454. The molecule has 5 rings (SSSR count). The molecule has 3 aliphatic rings. The van der Waals surface area contributed by atoms with Crippen molar-refractivity contribution >= 4 is 16.9 Å². The van der Waals surface area contributed by atoms with Crippen LogP contribution in [0.4, 0.5) is 0 Å². The third-order valence-electron chi connectivity index (χ3n) is 6.32. The Morgan fingerprint density at radius 3 is 3.04 bits per heavy atom. The normalized spacial score (nSPS) is 31.2. The van der Waals surface area contributed by atoms with Gasteiger partial charge in [0.25, 0.3) is 0 Å². The first kappa shape index (κ1) is 14.0. The number of nitrogens with zero attached hydrogens (tertiary/aromatic N) is 2. The fraction of sp³-hybridized carbons (Fsp3) is 0.500. The first-order valence-corrected chi connectivity index (χ1v) is 8.54. The molecule has 1 spiro atoms. The molecule has 0 N–H and O–H groups in total. The summed E-state index contributed by atoms with van der Waals surface area (Å²) in [5.41, 5.74) is 1.60. The van der Waals surface area contributed by atoms with E-state index in [0.29, 0.717) is 13.0 Å². The Kier molecular flexibility index (Phi) is 2.68. The maximum Gasteiger partial charge on any atom is 0.223 e. The fourth-order valence-electron chi connectivity index (χ4n) is 5.43. The average Bonchev–Trinajstić information content (AvgIpc) is 3.17. The van der Waals surface area contributed by atoms with Crippen molar-refractivity contribution in [1.82, 2.24) is 4.90 Å². The molecule has 124 valence electrons. The molecule has 1 saturated heterocycles. The summed E-state index contributed by atoms with van der Waals surface area (Å²) in [7, 11) is 0.